The molecule has 2 fully saturated rings. The third kappa shape index (κ3) is 2.99. The molecule has 104 valence electrons. The lowest BCUT2D eigenvalue weighted by Gasteiger charge is -2.23. The van der Waals surface area contributed by atoms with Crippen LogP contribution in [0.5, 0.6) is 0 Å². The lowest BCUT2D eigenvalue weighted by Crippen LogP contribution is -2.33. The molecule has 19 heavy (non-hydrogen) atoms. The largest absolute Gasteiger partial charge is 0.379 e. The molecule has 1 saturated carbocycles. The number of carbonyl (C=O) groups is 1. The van der Waals surface area contributed by atoms with E-state index in [4.69, 9.17) is 4.74 Å². The summed E-state index contributed by atoms with van der Waals surface area (Å²) in [6, 6.07) is 4.00. The van der Waals surface area contributed by atoms with Gasteiger partial charge in [-0.05, 0) is 37.1 Å². The van der Waals surface area contributed by atoms with Crippen LogP contribution < -0.4 is 5.32 Å². The van der Waals surface area contributed by atoms with Gasteiger partial charge in [0.05, 0.1) is 12.6 Å². The number of amides is 1. The van der Waals surface area contributed by atoms with E-state index >= 15 is 0 Å². The predicted octanol–water partition coefficient (Wildman–Crippen LogP) is 1.99. The van der Waals surface area contributed by atoms with E-state index in [0.717, 1.165) is 12.5 Å². The summed E-state index contributed by atoms with van der Waals surface area (Å²) < 4.78 is 5.65. The van der Waals surface area contributed by atoms with Crippen molar-refractivity contribution in [2.24, 2.45) is 5.92 Å². The van der Waals surface area contributed by atoms with Crippen molar-refractivity contribution in [2.45, 2.75) is 32.0 Å². The van der Waals surface area contributed by atoms with Crippen molar-refractivity contribution in [2.75, 3.05) is 19.8 Å². The summed E-state index contributed by atoms with van der Waals surface area (Å²) in [5.74, 6) is 0.952. The molecule has 4 nitrogen and oxygen atoms in total. The summed E-state index contributed by atoms with van der Waals surface area (Å²) in [6.07, 6.45) is 2.63. The van der Waals surface area contributed by atoms with Gasteiger partial charge in [-0.15, -0.1) is 11.3 Å². The van der Waals surface area contributed by atoms with Crippen LogP contribution in [0, 0.1) is 5.92 Å². The van der Waals surface area contributed by atoms with Crippen LogP contribution in [0.25, 0.3) is 0 Å². The Bertz CT molecular complexity index is 431. The van der Waals surface area contributed by atoms with Gasteiger partial charge in [0.15, 0.2) is 0 Å². The van der Waals surface area contributed by atoms with E-state index in [1.165, 1.54) is 17.7 Å². The van der Waals surface area contributed by atoms with Gasteiger partial charge in [-0.3, -0.25) is 10.1 Å². The molecule has 1 saturated heterocycles. The highest BCUT2D eigenvalue weighted by Crippen LogP contribution is 2.30. The molecule has 2 heterocycles. The number of nitrogens with zero attached hydrogens (tertiary/aromatic N) is 1. The molecule has 1 N–H and O–H groups in total. The fourth-order valence-corrected chi connectivity index (χ4v) is 3.19. The van der Waals surface area contributed by atoms with E-state index in [1.807, 2.05) is 23.3 Å². The van der Waals surface area contributed by atoms with Crippen LogP contribution in [0.3, 0.4) is 0 Å². The topological polar surface area (TPSA) is 41.6 Å². The Morgan fingerprint density at radius 1 is 1.53 bits per heavy atom. The summed E-state index contributed by atoms with van der Waals surface area (Å²) in [5, 5.41) is 5.40. The van der Waals surface area contributed by atoms with Crippen LogP contribution in [0.4, 0.5) is 0 Å². The molecule has 1 aliphatic heterocycles. The smallest absolute Gasteiger partial charge is 0.241 e. The van der Waals surface area contributed by atoms with Crippen molar-refractivity contribution in [1.29, 1.82) is 0 Å². The number of rotatable bonds is 6. The molecular weight excluding hydrogens is 260 g/mol. The van der Waals surface area contributed by atoms with Crippen LogP contribution in [0.2, 0.25) is 0 Å². The number of thiophene rings is 1. The summed E-state index contributed by atoms with van der Waals surface area (Å²) in [6.45, 7) is 4.09. The molecule has 0 spiro atoms. The fourth-order valence-electron chi connectivity index (χ4n) is 2.39. The average Bonchev–Trinajstić information content (AvgIpc) is 2.98. The van der Waals surface area contributed by atoms with Crippen molar-refractivity contribution in [3.63, 3.8) is 0 Å². The second-order valence-corrected chi connectivity index (χ2v) is 6.34. The molecule has 3 rings (SSSR count). The zero-order valence-corrected chi connectivity index (χ0v) is 12.0. The van der Waals surface area contributed by atoms with Gasteiger partial charge < -0.3 is 9.64 Å². The van der Waals surface area contributed by atoms with E-state index in [0.29, 0.717) is 13.2 Å². The van der Waals surface area contributed by atoms with Crippen LogP contribution >= 0.6 is 11.3 Å². The molecule has 1 aliphatic carbocycles. The van der Waals surface area contributed by atoms with Gasteiger partial charge in [0.25, 0.3) is 0 Å². The first-order valence-electron chi connectivity index (χ1n) is 6.93. The average molecular weight is 280 g/mol. The fraction of sp³-hybridized carbons (Fsp3) is 0.643. The van der Waals surface area contributed by atoms with Gasteiger partial charge in [0.1, 0.15) is 6.17 Å². The second kappa shape index (κ2) is 5.61. The van der Waals surface area contributed by atoms with Gasteiger partial charge in [-0.25, -0.2) is 0 Å². The molecule has 0 bridgehead atoms. The predicted molar refractivity (Wildman–Crippen MR) is 74.9 cm³/mol. The minimum Gasteiger partial charge on any atom is -0.379 e. The quantitative estimate of drug-likeness (QED) is 0.810. The maximum atomic E-state index is 12.2. The van der Waals surface area contributed by atoms with E-state index in [-0.39, 0.29) is 18.1 Å². The molecular formula is C14H20N2O2S. The van der Waals surface area contributed by atoms with Crippen LogP contribution in [0.15, 0.2) is 17.5 Å². The Hall–Kier alpha value is -0.910. The first-order valence-corrected chi connectivity index (χ1v) is 7.81. The lowest BCUT2D eigenvalue weighted by molar-refractivity contribution is -0.130. The highest BCUT2D eigenvalue weighted by Gasteiger charge is 2.37. The molecule has 0 radical (unpaired) electrons. The van der Waals surface area contributed by atoms with Crippen LogP contribution in [-0.4, -0.2) is 36.6 Å². The number of nitrogens with one attached hydrogen (secondary N) is 1. The van der Waals surface area contributed by atoms with Crippen molar-refractivity contribution < 1.29 is 9.53 Å². The number of ether oxygens (including phenoxy) is 1. The Morgan fingerprint density at radius 2 is 2.37 bits per heavy atom. The zero-order chi connectivity index (χ0) is 13.2. The van der Waals surface area contributed by atoms with Crippen molar-refractivity contribution in [3.05, 3.63) is 22.4 Å². The van der Waals surface area contributed by atoms with Gasteiger partial charge >= 0.3 is 0 Å². The van der Waals surface area contributed by atoms with Crippen LogP contribution in [0.1, 0.15) is 30.8 Å². The summed E-state index contributed by atoms with van der Waals surface area (Å²) in [5.41, 5.74) is 0. The molecule has 2 aliphatic rings. The molecule has 2 atom stereocenters. The Morgan fingerprint density at radius 3 is 3.05 bits per heavy atom. The minimum absolute atomic E-state index is 0.0204. The van der Waals surface area contributed by atoms with Gasteiger partial charge in [-0.2, -0.15) is 0 Å². The molecule has 5 heteroatoms. The highest BCUT2D eigenvalue weighted by molar-refractivity contribution is 7.10. The molecule has 0 aromatic carbocycles. The maximum Gasteiger partial charge on any atom is 0.241 e. The van der Waals surface area contributed by atoms with Gasteiger partial charge in [0, 0.05) is 18.0 Å². The first-order chi connectivity index (χ1) is 9.25. The molecule has 2 unspecified atom stereocenters. The Balaban J connectivity index is 1.57. The Labute approximate surface area is 117 Å². The van der Waals surface area contributed by atoms with Crippen molar-refractivity contribution in [3.8, 4) is 0 Å². The second-order valence-electron chi connectivity index (χ2n) is 5.36. The van der Waals surface area contributed by atoms with Crippen molar-refractivity contribution in [1.82, 2.24) is 10.2 Å². The molecule has 1 amide bonds. The first kappa shape index (κ1) is 13.1. The van der Waals surface area contributed by atoms with Crippen LogP contribution in [-0.2, 0) is 9.53 Å². The molecule has 1 aromatic heterocycles. The standard InChI is InChI=1S/C14H20N2O2S/c1-10-14(17)16(6-7-18-9-11-4-5-11)13(15-10)12-3-2-8-19-12/h2-3,8,10-11,13,15H,4-7,9H2,1H3. The van der Waals surface area contributed by atoms with Crippen molar-refractivity contribution >= 4 is 17.2 Å². The number of hydrogen-bond acceptors (Lipinski definition) is 4. The zero-order valence-electron chi connectivity index (χ0n) is 11.2. The summed E-state index contributed by atoms with van der Waals surface area (Å²) >= 11 is 1.68. The number of carbonyl (C=O) groups excluding carboxylic acids is 1. The van der Waals surface area contributed by atoms with Gasteiger partial charge in [-0.1, -0.05) is 6.07 Å². The SMILES string of the molecule is CC1NC(c2cccs2)N(CCOCC2CC2)C1=O. The third-order valence-corrected chi connectivity index (χ3v) is 4.64. The van der Waals surface area contributed by atoms with E-state index in [9.17, 15) is 4.79 Å². The molecule has 1 aromatic rings. The Kier molecular flexibility index (Phi) is 3.86. The number of hydrogen-bond donors (Lipinski definition) is 1. The maximum absolute atomic E-state index is 12.2. The van der Waals surface area contributed by atoms with Gasteiger partial charge in [0.2, 0.25) is 5.91 Å². The summed E-state index contributed by atoms with van der Waals surface area (Å²) in [7, 11) is 0. The minimum atomic E-state index is -0.101. The summed E-state index contributed by atoms with van der Waals surface area (Å²) in [4.78, 5) is 15.3. The lowest BCUT2D eigenvalue weighted by atomic mass is 10.3. The monoisotopic (exact) mass is 280 g/mol. The van der Waals surface area contributed by atoms with E-state index < -0.39 is 0 Å². The highest BCUT2D eigenvalue weighted by atomic mass is 32.1. The normalized spacial score (nSPS) is 27.2. The van der Waals surface area contributed by atoms with E-state index in [2.05, 4.69) is 11.4 Å². The third-order valence-electron chi connectivity index (χ3n) is 3.71. The van der Waals surface area contributed by atoms with E-state index in [1.54, 1.807) is 11.3 Å².